The van der Waals surface area contributed by atoms with Crippen LogP contribution in [0.2, 0.25) is 0 Å². The average Bonchev–Trinajstić information content (AvgIpc) is 3.24. The summed E-state index contributed by atoms with van der Waals surface area (Å²) < 4.78 is 1.71. The van der Waals surface area contributed by atoms with E-state index in [0.717, 1.165) is 29.5 Å². The number of hydrogen-bond donors (Lipinski definition) is 2. The number of rotatable bonds is 6. The van der Waals surface area contributed by atoms with Crippen LogP contribution in [0.3, 0.4) is 0 Å². The third-order valence-electron chi connectivity index (χ3n) is 3.98. The maximum atomic E-state index is 12.0. The molecule has 0 aliphatic heterocycles. The summed E-state index contributed by atoms with van der Waals surface area (Å²) in [4.78, 5) is 12.0. The van der Waals surface area contributed by atoms with Crippen LogP contribution < -0.4 is 10.6 Å². The quantitative estimate of drug-likeness (QED) is 0.854. The molecule has 1 aromatic heterocycles. The number of carbonyl (C=O) groups is 1. The fourth-order valence-corrected chi connectivity index (χ4v) is 2.47. The normalized spacial score (nSPS) is 13.5. The van der Waals surface area contributed by atoms with Crippen LogP contribution in [-0.2, 0) is 11.8 Å². The van der Waals surface area contributed by atoms with Gasteiger partial charge in [-0.3, -0.25) is 9.48 Å². The molecule has 1 amide bonds. The van der Waals surface area contributed by atoms with Crippen molar-refractivity contribution in [2.75, 3.05) is 18.4 Å². The number of aromatic nitrogens is 2. The molecule has 3 rings (SSSR count). The summed E-state index contributed by atoms with van der Waals surface area (Å²) in [6.45, 7) is 3.35. The van der Waals surface area contributed by atoms with Crippen LogP contribution >= 0.6 is 12.4 Å². The summed E-state index contributed by atoms with van der Waals surface area (Å²) >= 11 is 0. The number of benzene rings is 1. The molecule has 6 heteroatoms. The van der Waals surface area contributed by atoms with Crippen molar-refractivity contribution in [2.45, 2.75) is 19.8 Å². The highest BCUT2D eigenvalue weighted by Gasteiger charge is 2.20. The molecule has 1 aromatic carbocycles. The van der Waals surface area contributed by atoms with E-state index >= 15 is 0 Å². The lowest BCUT2D eigenvalue weighted by atomic mass is 10.1. The molecule has 0 atom stereocenters. The van der Waals surface area contributed by atoms with Crippen molar-refractivity contribution in [3.63, 3.8) is 0 Å². The lowest BCUT2D eigenvalue weighted by molar-refractivity contribution is -0.115. The minimum Gasteiger partial charge on any atom is -0.310 e. The molecule has 0 radical (unpaired) electrons. The lowest BCUT2D eigenvalue weighted by Crippen LogP contribution is -2.30. The molecule has 1 saturated carbocycles. The van der Waals surface area contributed by atoms with E-state index in [1.807, 2.05) is 31.3 Å². The molecule has 23 heavy (non-hydrogen) atoms. The minimum absolute atomic E-state index is 0. The van der Waals surface area contributed by atoms with Crippen molar-refractivity contribution in [1.82, 2.24) is 15.1 Å². The number of halogens is 1. The standard InChI is InChI=1S/C17H22N4O.ClH/c1-12-5-3-4-6-14(12)15-9-16(21(2)20-15)19-17(22)11-18-10-13-7-8-13;/h3-6,9,13,18H,7-8,10-11H2,1-2H3,(H,19,22);1H. The van der Waals surface area contributed by atoms with Gasteiger partial charge in [0.1, 0.15) is 5.82 Å². The summed E-state index contributed by atoms with van der Waals surface area (Å²) in [5.74, 6) is 1.47. The molecule has 1 heterocycles. The predicted molar refractivity (Wildman–Crippen MR) is 94.9 cm³/mol. The number of nitrogens with one attached hydrogen (secondary N) is 2. The predicted octanol–water partition coefficient (Wildman–Crippen LogP) is 2.76. The summed E-state index contributed by atoms with van der Waals surface area (Å²) in [6.07, 6.45) is 2.58. The Hall–Kier alpha value is -1.85. The highest BCUT2D eigenvalue weighted by atomic mass is 35.5. The third-order valence-corrected chi connectivity index (χ3v) is 3.98. The van der Waals surface area contributed by atoms with Crippen LogP contribution in [0.1, 0.15) is 18.4 Å². The van der Waals surface area contributed by atoms with Crippen molar-refractivity contribution in [2.24, 2.45) is 13.0 Å². The second kappa shape index (κ2) is 7.62. The monoisotopic (exact) mass is 334 g/mol. The topological polar surface area (TPSA) is 59.0 Å². The van der Waals surface area contributed by atoms with E-state index in [0.29, 0.717) is 6.54 Å². The van der Waals surface area contributed by atoms with Crippen LogP contribution in [0.15, 0.2) is 30.3 Å². The van der Waals surface area contributed by atoms with Crippen LogP contribution in [0.5, 0.6) is 0 Å². The Kier molecular flexibility index (Phi) is 5.80. The molecule has 2 aromatic rings. The van der Waals surface area contributed by atoms with Gasteiger partial charge in [0.15, 0.2) is 0 Å². The second-order valence-corrected chi connectivity index (χ2v) is 5.98. The van der Waals surface area contributed by atoms with Gasteiger partial charge in [-0.1, -0.05) is 24.3 Å². The van der Waals surface area contributed by atoms with Gasteiger partial charge < -0.3 is 10.6 Å². The van der Waals surface area contributed by atoms with Gasteiger partial charge in [-0.25, -0.2) is 0 Å². The van der Waals surface area contributed by atoms with Crippen molar-refractivity contribution in [1.29, 1.82) is 0 Å². The number of hydrogen-bond acceptors (Lipinski definition) is 3. The van der Waals surface area contributed by atoms with E-state index in [1.165, 1.54) is 18.4 Å². The summed E-state index contributed by atoms with van der Waals surface area (Å²) in [5, 5.41) is 10.6. The van der Waals surface area contributed by atoms with E-state index in [9.17, 15) is 4.79 Å². The first-order valence-corrected chi connectivity index (χ1v) is 7.74. The van der Waals surface area contributed by atoms with Gasteiger partial charge in [0, 0.05) is 18.7 Å². The van der Waals surface area contributed by atoms with Gasteiger partial charge >= 0.3 is 0 Å². The number of carbonyl (C=O) groups excluding carboxylic acids is 1. The largest absolute Gasteiger partial charge is 0.310 e. The van der Waals surface area contributed by atoms with Gasteiger partial charge in [0.25, 0.3) is 0 Å². The maximum absolute atomic E-state index is 12.0. The molecule has 124 valence electrons. The average molecular weight is 335 g/mol. The molecule has 1 aliphatic rings. The fraction of sp³-hybridized carbons (Fsp3) is 0.412. The molecular formula is C17H23ClN4O. The Morgan fingerprint density at radius 3 is 2.78 bits per heavy atom. The first-order valence-electron chi connectivity index (χ1n) is 7.74. The van der Waals surface area contributed by atoms with Gasteiger partial charge in [-0.05, 0) is 37.8 Å². The Labute approximate surface area is 142 Å². The first kappa shape index (κ1) is 17.5. The van der Waals surface area contributed by atoms with Crippen LogP contribution in [-0.4, -0.2) is 28.8 Å². The van der Waals surface area contributed by atoms with Gasteiger partial charge in [0.05, 0.1) is 12.2 Å². The highest BCUT2D eigenvalue weighted by Crippen LogP contribution is 2.27. The molecule has 2 N–H and O–H groups in total. The Morgan fingerprint density at radius 1 is 1.35 bits per heavy atom. The van der Waals surface area contributed by atoms with Crippen molar-refractivity contribution >= 4 is 24.1 Å². The third kappa shape index (κ3) is 4.56. The number of anilines is 1. The Morgan fingerprint density at radius 2 is 2.09 bits per heavy atom. The summed E-state index contributed by atoms with van der Waals surface area (Å²) in [5.41, 5.74) is 3.14. The summed E-state index contributed by atoms with van der Waals surface area (Å²) in [7, 11) is 1.84. The smallest absolute Gasteiger partial charge is 0.239 e. The van der Waals surface area contributed by atoms with Crippen molar-refractivity contribution in [3.8, 4) is 11.3 Å². The second-order valence-electron chi connectivity index (χ2n) is 5.98. The molecule has 1 aliphatic carbocycles. The molecule has 0 bridgehead atoms. The van der Waals surface area contributed by atoms with Crippen molar-refractivity contribution in [3.05, 3.63) is 35.9 Å². The molecular weight excluding hydrogens is 312 g/mol. The van der Waals surface area contributed by atoms with E-state index < -0.39 is 0 Å². The SMILES string of the molecule is Cc1ccccc1-c1cc(NC(=O)CNCC2CC2)n(C)n1.Cl. The van der Waals surface area contributed by atoms with Crippen LogP contribution in [0.25, 0.3) is 11.3 Å². The van der Waals surface area contributed by atoms with E-state index in [-0.39, 0.29) is 18.3 Å². The highest BCUT2D eigenvalue weighted by molar-refractivity contribution is 5.92. The number of aryl methyl sites for hydroxylation is 2. The van der Waals surface area contributed by atoms with Crippen LogP contribution in [0.4, 0.5) is 5.82 Å². The van der Waals surface area contributed by atoms with E-state index in [1.54, 1.807) is 4.68 Å². The number of amides is 1. The van der Waals surface area contributed by atoms with E-state index in [2.05, 4.69) is 28.7 Å². The van der Waals surface area contributed by atoms with Gasteiger partial charge in [-0.2, -0.15) is 5.10 Å². The Balaban J connectivity index is 0.00000192. The van der Waals surface area contributed by atoms with Gasteiger partial charge in [0.2, 0.25) is 5.91 Å². The molecule has 1 fully saturated rings. The van der Waals surface area contributed by atoms with E-state index in [4.69, 9.17) is 0 Å². The first-order chi connectivity index (χ1) is 10.6. The molecule has 0 saturated heterocycles. The molecule has 0 unspecified atom stereocenters. The maximum Gasteiger partial charge on any atom is 0.239 e. The Bertz CT molecular complexity index is 679. The number of nitrogens with zero attached hydrogens (tertiary/aromatic N) is 2. The fourth-order valence-electron chi connectivity index (χ4n) is 2.47. The molecule has 0 spiro atoms. The minimum atomic E-state index is -0.0278. The summed E-state index contributed by atoms with van der Waals surface area (Å²) in [6, 6.07) is 10.0. The molecule has 5 nitrogen and oxygen atoms in total. The lowest BCUT2D eigenvalue weighted by Gasteiger charge is -2.05. The van der Waals surface area contributed by atoms with Crippen molar-refractivity contribution < 1.29 is 4.79 Å². The zero-order valence-corrected chi connectivity index (χ0v) is 14.3. The van der Waals surface area contributed by atoms with Crippen LogP contribution in [0, 0.1) is 12.8 Å². The zero-order valence-electron chi connectivity index (χ0n) is 13.5. The van der Waals surface area contributed by atoms with Gasteiger partial charge in [-0.15, -0.1) is 12.4 Å². The zero-order chi connectivity index (χ0) is 15.5.